The fourth-order valence-electron chi connectivity index (χ4n) is 4.29. The van der Waals surface area contributed by atoms with Crippen molar-refractivity contribution in [2.75, 3.05) is 4.90 Å². The molecule has 4 rings (SSSR count). The summed E-state index contributed by atoms with van der Waals surface area (Å²) < 4.78 is 29.3. The highest BCUT2D eigenvalue weighted by molar-refractivity contribution is 7.12. The van der Waals surface area contributed by atoms with Gasteiger partial charge in [-0.25, -0.2) is 8.78 Å². The second-order valence-corrected chi connectivity index (χ2v) is 8.72. The number of aryl methyl sites for hydroxylation is 2. The second kappa shape index (κ2) is 7.12. The summed E-state index contributed by atoms with van der Waals surface area (Å²) in [7, 11) is 0. The number of ketones is 1. The minimum Gasteiger partial charge on any atom is -0.384 e. The van der Waals surface area contributed by atoms with E-state index >= 15 is 0 Å². The number of carbonyl (C=O) groups is 1. The molecule has 1 atom stereocenters. The Bertz CT molecular complexity index is 1120. The number of nitrogens with two attached hydrogens (primary N) is 1. The van der Waals surface area contributed by atoms with Gasteiger partial charge in [0.2, 0.25) is 0 Å². The van der Waals surface area contributed by atoms with Gasteiger partial charge in [-0.2, -0.15) is 5.26 Å². The van der Waals surface area contributed by atoms with Gasteiger partial charge in [0.1, 0.15) is 23.1 Å². The fourth-order valence-corrected chi connectivity index (χ4v) is 5.26. The van der Waals surface area contributed by atoms with E-state index in [1.807, 2.05) is 19.9 Å². The maximum atomic E-state index is 14.6. The van der Waals surface area contributed by atoms with Gasteiger partial charge in [0, 0.05) is 27.4 Å². The molecular weight excluding hydrogens is 392 g/mol. The summed E-state index contributed by atoms with van der Waals surface area (Å²) in [6.45, 7) is 3.90. The molecule has 1 aliphatic carbocycles. The van der Waals surface area contributed by atoms with Crippen molar-refractivity contribution in [1.82, 2.24) is 0 Å². The van der Waals surface area contributed by atoms with Crippen molar-refractivity contribution in [3.63, 3.8) is 0 Å². The van der Waals surface area contributed by atoms with Crippen LogP contribution in [-0.4, -0.2) is 5.78 Å². The standard InChI is InChI=1S/C22H19F2N3OS/c1-11-9-13(12(2)29-11)19-14(10-25)22(26)27(17-7-4-8-18(28)20(17)19)21-15(23)5-3-6-16(21)24/h3,5-6,9,19H,4,7-8,26H2,1-2H3/t19-/m0/s1. The number of para-hydroxylation sites is 1. The summed E-state index contributed by atoms with van der Waals surface area (Å²) >= 11 is 1.58. The lowest BCUT2D eigenvalue weighted by Gasteiger charge is -2.39. The highest BCUT2D eigenvalue weighted by atomic mass is 32.1. The van der Waals surface area contributed by atoms with Gasteiger partial charge in [-0.05, 0) is 50.5 Å². The van der Waals surface area contributed by atoms with Crippen molar-refractivity contribution in [2.45, 2.75) is 39.0 Å². The number of nitrogens with zero attached hydrogens (tertiary/aromatic N) is 2. The molecule has 1 aromatic heterocycles. The van der Waals surface area contributed by atoms with Gasteiger partial charge in [-0.15, -0.1) is 11.3 Å². The molecule has 2 heterocycles. The lowest BCUT2D eigenvalue weighted by Crippen LogP contribution is -2.39. The van der Waals surface area contributed by atoms with Crippen molar-refractivity contribution in [3.8, 4) is 6.07 Å². The first-order valence-electron chi connectivity index (χ1n) is 9.32. The van der Waals surface area contributed by atoms with E-state index in [-0.39, 0.29) is 22.9 Å². The van der Waals surface area contributed by atoms with Gasteiger partial charge in [-0.3, -0.25) is 9.69 Å². The highest BCUT2D eigenvalue weighted by Crippen LogP contribution is 2.48. The first kappa shape index (κ1) is 19.3. The van der Waals surface area contributed by atoms with Crippen LogP contribution in [0.25, 0.3) is 0 Å². The molecule has 1 aromatic carbocycles. The number of nitriles is 1. The Hall–Kier alpha value is -2.98. The zero-order valence-electron chi connectivity index (χ0n) is 16.1. The smallest absolute Gasteiger partial charge is 0.161 e. The quantitative estimate of drug-likeness (QED) is 0.759. The maximum Gasteiger partial charge on any atom is 0.161 e. The van der Waals surface area contributed by atoms with Gasteiger partial charge in [0.05, 0.1) is 17.6 Å². The van der Waals surface area contributed by atoms with Gasteiger partial charge in [0.15, 0.2) is 5.78 Å². The molecule has 148 valence electrons. The number of Topliss-reactive ketones (excluding diaryl/α,β-unsaturated/α-hetero) is 1. The molecule has 0 saturated heterocycles. The molecule has 4 nitrogen and oxygen atoms in total. The second-order valence-electron chi connectivity index (χ2n) is 7.26. The van der Waals surface area contributed by atoms with E-state index in [9.17, 15) is 18.8 Å². The van der Waals surface area contributed by atoms with Crippen LogP contribution in [-0.2, 0) is 4.79 Å². The number of anilines is 1. The molecule has 0 spiro atoms. The van der Waals surface area contributed by atoms with Gasteiger partial charge < -0.3 is 5.73 Å². The molecule has 7 heteroatoms. The third-order valence-corrected chi connectivity index (χ3v) is 6.45. The highest BCUT2D eigenvalue weighted by Gasteiger charge is 2.42. The summed E-state index contributed by atoms with van der Waals surface area (Å²) in [5.74, 6) is -2.34. The van der Waals surface area contributed by atoms with Crippen LogP contribution < -0.4 is 10.6 Å². The minimum absolute atomic E-state index is 0.0294. The zero-order valence-corrected chi connectivity index (χ0v) is 16.9. The third-order valence-electron chi connectivity index (χ3n) is 5.46. The van der Waals surface area contributed by atoms with Gasteiger partial charge >= 0.3 is 0 Å². The predicted molar refractivity (Wildman–Crippen MR) is 108 cm³/mol. The average molecular weight is 411 g/mol. The van der Waals surface area contributed by atoms with E-state index in [0.29, 0.717) is 30.5 Å². The molecule has 0 saturated carbocycles. The Morgan fingerprint density at radius 1 is 1.24 bits per heavy atom. The zero-order chi connectivity index (χ0) is 20.9. The SMILES string of the molecule is Cc1cc([C@H]2C(C#N)=C(N)N(c3c(F)cccc3F)C3=C2C(=O)CCC3)c(C)s1. The van der Waals surface area contributed by atoms with Crippen molar-refractivity contribution in [1.29, 1.82) is 5.26 Å². The summed E-state index contributed by atoms with van der Waals surface area (Å²) in [6.07, 6.45) is 1.35. The predicted octanol–water partition coefficient (Wildman–Crippen LogP) is 4.95. The Kier molecular flexibility index (Phi) is 4.75. The molecule has 1 aliphatic heterocycles. The van der Waals surface area contributed by atoms with Gasteiger partial charge in [0.25, 0.3) is 0 Å². The Balaban J connectivity index is 2.04. The van der Waals surface area contributed by atoms with E-state index in [0.717, 1.165) is 27.5 Å². The van der Waals surface area contributed by atoms with Crippen molar-refractivity contribution < 1.29 is 13.6 Å². The van der Waals surface area contributed by atoms with Crippen molar-refractivity contribution >= 4 is 22.8 Å². The van der Waals surface area contributed by atoms with Crippen LogP contribution in [0.3, 0.4) is 0 Å². The van der Waals surface area contributed by atoms with E-state index in [1.165, 1.54) is 11.0 Å². The van der Waals surface area contributed by atoms with Crippen LogP contribution in [0.15, 0.2) is 46.9 Å². The lowest BCUT2D eigenvalue weighted by atomic mass is 9.75. The van der Waals surface area contributed by atoms with Crippen LogP contribution in [0.4, 0.5) is 14.5 Å². The van der Waals surface area contributed by atoms with Crippen LogP contribution in [0.5, 0.6) is 0 Å². The maximum absolute atomic E-state index is 14.6. The Morgan fingerprint density at radius 3 is 2.52 bits per heavy atom. The number of allylic oxidation sites excluding steroid dienone is 3. The number of thiophene rings is 1. The molecule has 2 N–H and O–H groups in total. The normalized spacial score (nSPS) is 19.5. The average Bonchev–Trinajstić information content (AvgIpc) is 3.00. The molecule has 0 radical (unpaired) electrons. The molecular formula is C22H19F2N3OS. The number of rotatable bonds is 2. The fraction of sp³-hybridized carbons (Fsp3) is 0.273. The summed E-state index contributed by atoms with van der Waals surface area (Å²) in [5, 5.41) is 9.94. The number of halogens is 2. The van der Waals surface area contributed by atoms with Crippen LogP contribution in [0.1, 0.15) is 40.5 Å². The molecule has 2 aromatic rings. The van der Waals surface area contributed by atoms with Crippen molar-refractivity contribution in [3.05, 3.63) is 73.9 Å². The molecule has 0 fully saturated rings. The van der Waals surface area contributed by atoms with Crippen LogP contribution >= 0.6 is 11.3 Å². The lowest BCUT2D eigenvalue weighted by molar-refractivity contribution is -0.116. The summed E-state index contributed by atoms with van der Waals surface area (Å²) in [5.41, 5.74) is 7.89. The summed E-state index contributed by atoms with van der Waals surface area (Å²) in [4.78, 5) is 16.3. The third kappa shape index (κ3) is 2.95. The number of hydrogen-bond donors (Lipinski definition) is 1. The van der Waals surface area contributed by atoms with E-state index < -0.39 is 17.6 Å². The monoisotopic (exact) mass is 411 g/mol. The number of hydrogen-bond acceptors (Lipinski definition) is 5. The largest absolute Gasteiger partial charge is 0.384 e. The van der Waals surface area contributed by atoms with Crippen LogP contribution in [0.2, 0.25) is 0 Å². The molecule has 2 aliphatic rings. The van der Waals surface area contributed by atoms with Crippen LogP contribution in [0, 0.1) is 36.8 Å². The van der Waals surface area contributed by atoms with E-state index in [1.54, 1.807) is 11.3 Å². The number of carbonyl (C=O) groups excluding carboxylic acids is 1. The minimum atomic E-state index is -0.795. The topological polar surface area (TPSA) is 70.1 Å². The molecule has 0 unspecified atom stereocenters. The molecule has 29 heavy (non-hydrogen) atoms. The molecule has 0 bridgehead atoms. The first-order valence-corrected chi connectivity index (χ1v) is 10.1. The number of benzene rings is 1. The van der Waals surface area contributed by atoms with Crippen molar-refractivity contribution in [2.24, 2.45) is 5.73 Å². The molecule has 0 amide bonds. The Labute approximate surface area is 171 Å². The Morgan fingerprint density at radius 2 is 1.93 bits per heavy atom. The van der Waals surface area contributed by atoms with Gasteiger partial charge in [-0.1, -0.05) is 6.07 Å². The van der Waals surface area contributed by atoms with E-state index in [2.05, 4.69) is 6.07 Å². The first-order chi connectivity index (χ1) is 13.8. The van der Waals surface area contributed by atoms with E-state index in [4.69, 9.17) is 5.73 Å². The summed E-state index contributed by atoms with van der Waals surface area (Å²) in [6, 6.07) is 7.63.